The fraction of sp³-hybridized carbons (Fsp3) is 0.276. The summed E-state index contributed by atoms with van der Waals surface area (Å²) in [6.45, 7) is 6.53. The molecule has 2 atom stereocenters. The van der Waals surface area contributed by atoms with Gasteiger partial charge >= 0.3 is 0 Å². The number of hydrogen-bond donors (Lipinski definition) is 1. The van der Waals surface area contributed by atoms with Crippen molar-refractivity contribution in [3.63, 3.8) is 0 Å². The Balaban J connectivity index is 1.73. The minimum absolute atomic E-state index is 0.206. The van der Waals surface area contributed by atoms with Gasteiger partial charge in [0.2, 0.25) is 5.91 Å². The second-order valence-electron chi connectivity index (χ2n) is 10.2. The predicted octanol–water partition coefficient (Wildman–Crippen LogP) is 6.76. The van der Waals surface area contributed by atoms with Crippen LogP contribution in [0.4, 0.5) is 11.4 Å². The largest absolute Gasteiger partial charge is 0.355 e. The summed E-state index contributed by atoms with van der Waals surface area (Å²) in [6, 6.07) is 21.2. The zero-order valence-corrected chi connectivity index (χ0v) is 22.3. The Kier molecular flexibility index (Phi) is 7.89. The average Bonchev–Trinajstić information content (AvgIpc) is 2.94. The number of anilines is 2. The summed E-state index contributed by atoms with van der Waals surface area (Å²) in [5.74, 6) is -0.705. The Bertz CT molecular complexity index is 1360. The van der Waals surface area contributed by atoms with Crippen molar-refractivity contribution in [2.75, 3.05) is 16.8 Å². The molecule has 0 radical (unpaired) electrons. The number of ether oxygens (including phenoxy) is 1. The maximum absolute atomic E-state index is 13.9. The SMILES string of the molecule is CC(C)(C)CN1C(=O)[C@H](CC(=O)Nc2ccc(C#N)cc2)O[C@@H](c2ccccc2Cl)c2cc(Cl)ccc21. The van der Waals surface area contributed by atoms with E-state index in [-0.39, 0.29) is 23.7 Å². The van der Waals surface area contributed by atoms with Gasteiger partial charge in [0.25, 0.3) is 5.91 Å². The number of carbonyl (C=O) groups excluding carboxylic acids is 2. The summed E-state index contributed by atoms with van der Waals surface area (Å²) in [5, 5.41) is 12.8. The van der Waals surface area contributed by atoms with Crippen LogP contribution in [0.5, 0.6) is 0 Å². The molecule has 3 aromatic carbocycles. The molecule has 0 unspecified atom stereocenters. The molecule has 190 valence electrons. The first kappa shape index (κ1) is 26.7. The Morgan fingerprint density at radius 2 is 1.76 bits per heavy atom. The summed E-state index contributed by atoms with van der Waals surface area (Å²) in [7, 11) is 0. The number of halogens is 2. The molecule has 1 N–H and O–H groups in total. The van der Waals surface area contributed by atoms with E-state index in [4.69, 9.17) is 33.2 Å². The van der Waals surface area contributed by atoms with E-state index < -0.39 is 12.2 Å². The van der Waals surface area contributed by atoms with E-state index in [1.54, 1.807) is 47.4 Å². The molecule has 0 bridgehead atoms. The van der Waals surface area contributed by atoms with Gasteiger partial charge in [0.05, 0.1) is 18.1 Å². The van der Waals surface area contributed by atoms with Crippen LogP contribution in [0.3, 0.4) is 0 Å². The number of amides is 2. The van der Waals surface area contributed by atoms with Gasteiger partial charge in [0.1, 0.15) is 12.2 Å². The molecule has 0 saturated carbocycles. The number of nitrogens with zero attached hydrogens (tertiary/aromatic N) is 2. The maximum Gasteiger partial charge on any atom is 0.256 e. The van der Waals surface area contributed by atoms with Crippen molar-refractivity contribution in [1.29, 1.82) is 5.26 Å². The Labute approximate surface area is 226 Å². The van der Waals surface area contributed by atoms with Gasteiger partial charge in [-0.25, -0.2) is 0 Å². The molecule has 0 spiro atoms. The van der Waals surface area contributed by atoms with Crippen LogP contribution in [-0.4, -0.2) is 24.5 Å². The first-order valence-electron chi connectivity index (χ1n) is 11.9. The Morgan fingerprint density at radius 1 is 1.05 bits per heavy atom. The molecule has 1 aliphatic heterocycles. The second-order valence-corrected chi connectivity index (χ2v) is 11.0. The lowest BCUT2D eigenvalue weighted by molar-refractivity contribution is -0.136. The van der Waals surface area contributed by atoms with E-state index in [0.29, 0.717) is 44.7 Å². The molecule has 0 aliphatic carbocycles. The molecule has 1 aliphatic rings. The third-order valence-electron chi connectivity index (χ3n) is 5.89. The van der Waals surface area contributed by atoms with Crippen molar-refractivity contribution in [2.24, 2.45) is 5.41 Å². The topological polar surface area (TPSA) is 82.4 Å². The number of nitrogens with one attached hydrogen (secondary N) is 1. The highest BCUT2D eigenvalue weighted by molar-refractivity contribution is 6.31. The number of fused-ring (bicyclic) bond motifs is 1. The third kappa shape index (κ3) is 6.31. The molecule has 8 heteroatoms. The highest BCUT2D eigenvalue weighted by Gasteiger charge is 2.39. The fourth-order valence-corrected chi connectivity index (χ4v) is 4.69. The molecule has 4 rings (SSSR count). The summed E-state index contributed by atoms with van der Waals surface area (Å²) in [6.07, 6.45) is -2.00. The molecule has 0 saturated heterocycles. The van der Waals surface area contributed by atoms with Gasteiger partial charge in [-0.2, -0.15) is 5.26 Å². The summed E-state index contributed by atoms with van der Waals surface area (Å²) < 4.78 is 6.42. The molecule has 2 amide bonds. The van der Waals surface area contributed by atoms with Gasteiger partial charge in [0.15, 0.2) is 0 Å². The van der Waals surface area contributed by atoms with Crippen LogP contribution in [0.2, 0.25) is 10.0 Å². The molecular weight excluding hydrogens is 509 g/mol. The monoisotopic (exact) mass is 535 g/mol. The Hall–Kier alpha value is -3.37. The normalized spacial score (nSPS) is 17.5. The number of rotatable bonds is 5. The Morgan fingerprint density at radius 3 is 2.41 bits per heavy atom. The number of hydrogen-bond acceptors (Lipinski definition) is 4. The van der Waals surface area contributed by atoms with Gasteiger partial charge in [-0.3, -0.25) is 9.59 Å². The first-order chi connectivity index (χ1) is 17.6. The quantitative estimate of drug-likeness (QED) is 0.391. The predicted molar refractivity (Wildman–Crippen MR) is 146 cm³/mol. The van der Waals surface area contributed by atoms with Crippen molar-refractivity contribution >= 4 is 46.4 Å². The van der Waals surface area contributed by atoms with Crippen LogP contribution >= 0.6 is 23.2 Å². The fourth-order valence-electron chi connectivity index (χ4n) is 4.28. The van der Waals surface area contributed by atoms with Gasteiger partial charge < -0.3 is 15.0 Å². The van der Waals surface area contributed by atoms with Crippen molar-refractivity contribution in [3.05, 3.63) is 93.5 Å². The molecule has 6 nitrogen and oxygen atoms in total. The van der Waals surface area contributed by atoms with Crippen LogP contribution in [0, 0.1) is 16.7 Å². The van der Waals surface area contributed by atoms with Crippen molar-refractivity contribution in [1.82, 2.24) is 0 Å². The smallest absolute Gasteiger partial charge is 0.256 e. The standard InChI is InChI=1S/C29H27Cl2N3O3/c1-29(2,3)17-34-24-13-10-19(30)14-22(24)27(21-6-4-5-7-23(21)31)37-25(28(34)36)15-26(35)33-20-11-8-18(16-32)9-12-20/h4-14,25,27H,15,17H2,1-3H3,(H,33,35)/t25-,27-/m0/s1. The molecule has 0 aromatic heterocycles. The lowest BCUT2D eigenvalue weighted by Gasteiger charge is -2.31. The highest BCUT2D eigenvalue weighted by atomic mass is 35.5. The van der Waals surface area contributed by atoms with Crippen LogP contribution in [0.15, 0.2) is 66.7 Å². The highest BCUT2D eigenvalue weighted by Crippen LogP contribution is 2.42. The molecule has 1 heterocycles. The van der Waals surface area contributed by atoms with Gasteiger partial charge in [-0.1, -0.05) is 62.2 Å². The number of nitriles is 1. The third-order valence-corrected chi connectivity index (χ3v) is 6.47. The van der Waals surface area contributed by atoms with Crippen molar-refractivity contribution < 1.29 is 14.3 Å². The first-order valence-corrected chi connectivity index (χ1v) is 12.6. The maximum atomic E-state index is 13.9. The zero-order valence-electron chi connectivity index (χ0n) is 20.8. The summed E-state index contributed by atoms with van der Waals surface area (Å²) in [5.41, 5.74) is 2.83. The van der Waals surface area contributed by atoms with Crippen molar-refractivity contribution in [2.45, 2.75) is 39.4 Å². The van der Waals surface area contributed by atoms with E-state index in [0.717, 1.165) is 0 Å². The average molecular weight is 536 g/mol. The molecule has 0 fully saturated rings. The lowest BCUT2D eigenvalue weighted by Crippen LogP contribution is -2.44. The number of carbonyl (C=O) groups is 2. The second kappa shape index (κ2) is 10.9. The van der Waals surface area contributed by atoms with Gasteiger partial charge in [-0.15, -0.1) is 0 Å². The lowest BCUT2D eigenvalue weighted by atomic mass is 9.94. The van der Waals surface area contributed by atoms with Crippen LogP contribution in [0.25, 0.3) is 0 Å². The van der Waals surface area contributed by atoms with E-state index in [1.807, 2.05) is 51.1 Å². The van der Waals surface area contributed by atoms with Gasteiger partial charge in [0, 0.05) is 39.1 Å². The summed E-state index contributed by atoms with van der Waals surface area (Å²) in [4.78, 5) is 28.7. The number of benzene rings is 3. The summed E-state index contributed by atoms with van der Waals surface area (Å²) >= 11 is 13.0. The minimum Gasteiger partial charge on any atom is -0.355 e. The van der Waals surface area contributed by atoms with E-state index in [9.17, 15) is 9.59 Å². The van der Waals surface area contributed by atoms with E-state index in [2.05, 4.69) is 5.32 Å². The molecule has 3 aromatic rings. The molecular formula is C29H27Cl2N3O3. The van der Waals surface area contributed by atoms with E-state index in [1.165, 1.54) is 0 Å². The van der Waals surface area contributed by atoms with Crippen LogP contribution < -0.4 is 10.2 Å². The van der Waals surface area contributed by atoms with Crippen molar-refractivity contribution in [3.8, 4) is 6.07 Å². The van der Waals surface area contributed by atoms with Crippen LogP contribution in [0.1, 0.15) is 50.0 Å². The minimum atomic E-state index is -1.08. The van der Waals surface area contributed by atoms with Crippen LogP contribution in [-0.2, 0) is 14.3 Å². The van der Waals surface area contributed by atoms with E-state index >= 15 is 0 Å². The molecule has 37 heavy (non-hydrogen) atoms. The zero-order chi connectivity index (χ0) is 26.7. The van der Waals surface area contributed by atoms with Gasteiger partial charge in [-0.05, 0) is 53.9 Å².